The van der Waals surface area contributed by atoms with Crippen LogP contribution in [0, 0.1) is 0 Å². The van der Waals surface area contributed by atoms with Crippen LogP contribution in [0.4, 0.5) is 0 Å². The lowest BCUT2D eigenvalue weighted by Gasteiger charge is -2.11. The van der Waals surface area contributed by atoms with E-state index in [-0.39, 0.29) is 6.04 Å². The molecule has 0 saturated heterocycles. The number of rotatable bonds is 4. The first kappa shape index (κ1) is 12.5. The van der Waals surface area contributed by atoms with Crippen LogP contribution in [0.25, 0.3) is 0 Å². The predicted octanol–water partition coefficient (Wildman–Crippen LogP) is 2.55. The normalized spacial score (nSPS) is 12.4. The molecule has 0 amide bonds. The van der Waals surface area contributed by atoms with E-state index in [1.54, 1.807) is 13.3 Å². The number of hydrogen-bond donors (Lipinski definition) is 1. The fraction of sp³-hybridized carbons (Fsp3) is 0.273. The van der Waals surface area contributed by atoms with E-state index in [4.69, 9.17) is 10.5 Å². The van der Waals surface area contributed by atoms with Crippen molar-refractivity contribution in [3.05, 3.63) is 39.3 Å². The van der Waals surface area contributed by atoms with Crippen molar-refractivity contribution in [3.8, 4) is 5.75 Å². The minimum atomic E-state index is -0.0848. The van der Waals surface area contributed by atoms with Gasteiger partial charge in [0.25, 0.3) is 0 Å². The SMILES string of the molecule is COc1ccc(Br)c(CC(N)c2cnns2)c1. The molecule has 1 aromatic heterocycles. The van der Waals surface area contributed by atoms with Crippen LogP contribution in [-0.2, 0) is 6.42 Å². The molecule has 0 saturated carbocycles. The highest BCUT2D eigenvalue weighted by Crippen LogP contribution is 2.27. The molecule has 2 aromatic rings. The summed E-state index contributed by atoms with van der Waals surface area (Å²) in [6.07, 6.45) is 2.44. The van der Waals surface area contributed by atoms with Gasteiger partial charge < -0.3 is 10.5 Å². The number of benzene rings is 1. The van der Waals surface area contributed by atoms with Gasteiger partial charge in [-0.2, -0.15) is 0 Å². The summed E-state index contributed by atoms with van der Waals surface area (Å²) < 4.78 is 10.0. The highest BCUT2D eigenvalue weighted by Gasteiger charge is 2.12. The molecule has 1 heterocycles. The quantitative estimate of drug-likeness (QED) is 0.942. The third-order valence-corrected chi connectivity index (χ3v) is 4.01. The van der Waals surface area contributed by atoms with Gasteiger partial charge in [-0.25, -0.2) is 0 Å². The maximum absolute atomic E-state index is 6.10. The number of nitrogens with two attached hydrogens (primary N) is 1. The van der Waals surface area contributed by atoms with Crippen LogP contribution in [0.5, 0.6) is 5.75 Å². The molecule has 17 heavy (non-hydrogen) atoms. The predicted molar refractivity (Wildman–Crippen MR) is 71.2 cm³/mol. The molecule has 0 spiro atoms. The Bertz CT molecular complexity index is 489. The molecule has 0 aliphatic carbocycles. The number of methoxy groups -OCH3 is 1. The smallest absolute Gasteiger partial charge is 0.119 e. The Morgan fingerprint density at radius 1 is 1.53 bits per heavy atom. The summed E-state index contributed by atoms with van der Waals surface area (Å²) in [5.74, 6) is 0.831. The van der Waals surface area contributed by atoms with Crippen LogP contribution >= 0.6 is 27.5 Å². The lowest BCUT2D eigenvalue weighted by molar-refractivity contribution is 0.414. The summed E-state index contributed by atoms with van der Waals surface area (Å²) >= 11 is 4.85. The Morgan fingerprint density at radius 3 is 3.00 bits per heavy atom. The van der Waals surface area contributed by atoms with E-state index in [0.29, 0.717) is 0 Å². The Kier molecular flexibility index (Phi) is 4.09. The lowest BCUT2D eigenvalue weighted by atomic mass is 10.1. The molecule has 0 bridgehead atoms. The number of ether oxygens (including phenoxy) is 1. The molecule has 0 aliphatic heterocycles. The van der Waals surface area contributed by atoms with Crippen molar-refractivity contribution in [3.63, 3.8) is 0 Å². The van der Waals surface area contributed by atoms with Crippen LogP contribution < -0.4 is 10.5 Å². The van der Waals surface area contributed by atoms with E-state index in [1.807, 2.05) is 18.2 Å². The minimum Gasteiger partial charge on any atom is -0.497 e. The van der Waals surface area contributed by atoms with E-state index >= 15 is 0 Å². The molecular weight excluding hydrogens is 302 g/mol. The molecule has 1 unspecified atom stereocenters. The summed E-state index contributed by atoms with van der Waals surface area (Å²) in [5, 5.41) is 3.79. The monoisotopic (exact) mass is 313 g/mol. The maximum atomic E-state index is 6.10. The lowest BCUT2D eigenvalue weighted by Crippen LogP contribution is -2.12. The Balaban J connectivity index is 2.18. The van der Waals surface area contributed by atoms with Gasteiger partial charge >= 0.3 is 0 Å². The molecular formula is C11H12BrN3OS. The molecule has 2 rings (SSSR count). The zero-order chi connectivity index (χ0) is 12.3. The zero-order valence-corrected chi connectivity index (χ0v) is 11.7. The van der Waals surface area contributed by atoms with Crippen LogP contribution in [0.2, 0.25) is 0 Å². The summed E-state index contributed by atoms with van der Waals surface area (Å²) in [4.78, 5) is 0.986. The molecule has 2 N–H and O–H groups in total. The first-order valence-electron chi connectivity index (χ1n) is 5.06. The van der Waals surface area contributed by atoms with Crippen molar-refractivity contribution in [1.82, 2.24) is 9.59 Å². The van der Waals surface area contributed by atoms with Crippen molar-refractivity contribution in [2.45, 2.75) is 12.5 Å². The van der Waals surface area contributed by atoms with Crippen molar-refractivity contribution >= 4 is 27.5 Å². The fourth-order valence-electron chi connectivity index (χ4n) is 1.51. The average Bonchev–Trinajstić information content (AvgIpc) is 2.85. The molecule has 4 nitrogen and oxygen atoms in total. The van der Waals surface area contributed by atoms with Crippen molar-refractivity contribution < 1.29 is 4.74 Å². The third kappa shape index (κ3) is 3.02. The second kappa shape index (κ2) is 5.57. The van der Waals surface area contributed by atoms with E-state index in [2.05, 4.69) is 25.5 Å². The highest BCUT2D eigenvalue weighted by molar-refractivity contribution is 9.10. The Labute approximate surface area is 112 Å². The van der Waals surface area contributed by atoms with Gasteiger partial charge in [0.05, 0.1) is 18.2 Å². The van der Waals surface area contributed by atoms with E-state index in [9.17, 15) is 0 Å². The van der Waals surface area contributed by atoms with Crippen LogP contribution in [0.3, 0.4) is 0 Å². The van der Waals surface area contributed by atoms with E-state index < -0.39 is 0 Å². The largest absolute Gasteiger partial charge is 0.497 e. The van der Waals surface area contributed by atoms with Crippen molar-refractivity contribution in [1.29, 1.82) is 0 Å². The van der Waals surface area contributed by atoms with Crippen molar-refractivity contribution in [2.24, 2.45) is 5.73 Å². The van der Waals surface area contributed by atoms with Gasteiger partial charge in [0, 0.05) is 10.5 Å². The molecule has 1 atom stereocenters. The van der Waals surface area contributed by atoms with Crippen LogP contribution in [0.15, 0.2) is 28.9 Å². The summed E-state index contributed by atoms with van der Waals surface area (Å²) in [7, 11) is 1.65. The van der Waals surface area contributed by atoms with Gasteiger partial charge in [-0.1, -0.05) is 20.4 Å². The van der Waals surface area contributed by atoms with Crippen LogP contribution in [0.1, 0.15) is 16.5 Å². The second-order valence-corrected chi connectivity index (χ2v) is 5.26. The Hall–Kier alpha value is -0.980. The topological polar surface area (TPSA) is 61.0 Å². The maximum Gasteiger partial charge on any atom is 0.119 e. The fourth-order valence-corrected chi connectivity index (χ4v) is 2.42. The Morgan fingerprint density at radius 2 is 2.35 bits per heavy atom. The zero-order valence-electron chi connectivity index (χ0n) is 9.26. The third-order valence-electron chi connectivity index (χ3n) is 2.44. The molecule has 0 fully saturated rings. The van der Waals surface area contributed by atoms with Gasteiger partial charge in [0.2, 0.25) is 0 Å². The average molecular weight is 314 g/mol. The van der Waals surface area contributed by atoms with Crippen molar-refractivity contribution in [2.75, 3.05) is 7.11 Å². The molecule has 6 heteroatoms. The first-order chi connectivity index (χ1) is 8.20. The van der Waals surface area contributed by atoms with E-state index in [1.165, 1.54) is 11.5 Å². The minimum absolute atomic E-state index is 0.0848. The summed E-state index contributed by atoms with van der Waals surface area (Å²) in [6.45, 7) is 0. The number of nitrogens with zero attached hydrogens (tertiary/aromatic N) is 2. The van der Waals surface area contributed by atoms with Gasteiger partial charge in [0.15, 0.2) is 0 Å². The van der Waals surface area contributed by atoms with Crippen LogP contribution in [-0.4, -0.2) is 16.7 Å². The number of aromatic nitrogens is 2. The molecule has 90 valence electrons. The van der Waals surface area contributed by atoms with Gasteiger partial charge in [-0.15, -0.1) is 5.10 Å². The molecule has 1 aromatic carbocycles. The summed E-state index contributed by atoms with van der Waals surface area (Å²) in [6, 6.07) is 5.77. The standard InChI is InChI=1S/C11H12BrN3OS/c1-16-8-2-3-9(12)7(4-8)5-10(13)11-6-14-15-17-11/h2-4,6,10H,5,13H2,1H3. The van der Waals surface area contributed by atoms with Gasteiger partial charge in [-0.3, -0.25) is 0 Å². The van der Waals surface area contributed by atoms with E-state index in [0.717, 1.165) is 27.1 Å². The molecule has 0 aliphatic rings. The number of hydrogen-bond acceptors (Lipinski definition) is 5. The first-order valence-corrected chi connectivity index (χ1v) is 6.62. The van der Waals surface area contributed by atoms with Gasteiger partial charge in [-0.05, 0) is 41.7 Å². The van der Waals surface area contributed by atoms with Gasteiger partial charge in [0.1, 0.15) is 5.75 Å². The second-order valence-electron chi connectivity index (χ2n) is 3.59. The summed E-state index contributed by atoms with van der Waals surface area (Å²) in [5.41, 5.74) is 7.22. The number of halogens is 1. The molecule has 0 radical (unpaired) electrons. The highest BCUT2D eigenvalue weighted by atomic mass is 79.9.